The van der Waals surface area contributed by atoms with E-state index in [0.717, 1.165) is 38.8 Å². The van der Waals surface area contributed by atoms with Crippen molar-refractivity contribution in [1.29, 1.82) is 0 Å². The molecule has 0 N–H and O–H groups in total. The van der Waals surface area contributed by atoms with E-state index in [1.54, 1.807) is 16.4 Å². The van der Waals surface area contributed by atoms with Gasteiger partial charge in [-0.25, -0.2) is 13.4 Å². The van der Waals surface area contributed by atoms with Crippen LogP contribution < -0.4 is 4.90 Å². The van der Waals surface area contributed by atoms with Gasteiger partial charge in [0, 0.05) is 36.8 Å². The number of benzene rings is 2. The zero-order chi connectivity index (χ0) is 21.6. The van der Waals surface area contributed by atoms with Gasteiger partial charge in [-0.1, -0.05) is 35.0 Å². The Morgan fingerprint density at radius 2 is 1.71 bits per heavy atom. The molecule has 8 heteroatoms. The Morgan fingerprint density at radius 1 is 0.968 bits per heavy atom. The highest BCUT2D eigenvalue weighted by Gasteiger charge is 2.29. The van der Waals surface area contributed by atoms with E-state index in [0.29, 0.717) is 31.1 Å². The lowest BCUT2D eigenvalue weighted by Gasteiger charge is -2.35. The Bertz CT molecular complexity index is 1360. The van der Waals surface area contributed by atoms with E-state index in [1.807, 2.05) is 36.5 Å². The second-order valence-corrected chi connectivity index (χ2v) is 10.6. The van der Waals surface area contributed by atoms with Crippen LogP contribution in [0.2, 0.25) is 0 Å². The molecule has 1 aliphatic heterocycles. The van der Waals surface area contributed by atoms with Gasteiger partial charge in [0.2, 0.25) is 10.0 Å². The van der Waals surface area contributed by atoms with Gasteiger partial charge >= 0.3 is 0 Å². The Labute approximate surface area is 190 Å². The fraction of sp³-hybridized carbons (Fsp3) is 0.261. The van der Waals surface area contributed by atoms with E-state index < -0.39 is 10.0 Å². The topological polar surface area (TPSA) is 57.9 Å². The third-order valence-corrected chi connectivity index (χ3v) is 8.31. The van der Waals surface area contributed by atoms with Gasteiger partial charge in [-0.15, -0.1) is 0 Å². The van der Waals surface area contributed by atoms with Crippen LogP contribution in [0.25, 0.3) is 16.6 Å². The molecule has 0 aliphatic carbocycles. The van der Waals surface area contributed by atoms with Crippen molar-refractivity contribution in [1.82, 2.24) is 13.7 Å². The molecule has 0 atom stereocenters. The van der Waals surface area contributed by atoms with E-state index in [-0.39, 0.29) is 0 Å². The zero-order valence-electron chi connectivity index (χ0n) is 17.2. The standard InChI is InChI=1S/C23H23BrN4O2S/c1-2-17-5-8-19(9-6-17)31(29,30)27-14-12-26(13-15-27)23-22-4-3-11-28(22)21-10-7-18(24)16-20(21)25-23/h3-11,16H,2,12-15H2,1H3. The molecule has 6 nitrogen and oxygen atoms in total. The molecule has 4 aromatic rings. The first-order valence-corrected chi connectivity index (χ1v) is 12.6. The highest BCUT2D eigenvalue weighted by molar-refractivity contribution is 9.10. The summed E-state index contributed by atoms with van der Waals surface area (Å²) in [6, 6.07) is 17.4. The molecule has 0 amide bonds. The molecule has 0 radical (unpaired) electrons. The molecular formula is C23H23BrN4O2S. The molecular weight excluding hydrogens is 476 g/mol. The number of anilines is 1. The summed E-state index contributed by atoms with van der Waals surface area (Å²) >= 11 is 3.53. The van der Waals surface area contributed by atoms with E-state index in [4.69, 9.17) is 4.98 Å². The maximum atomic E-state index is 13.1. The maximum Gasteiger partial charge on any atom is 0.243 e. The van der Waals surface area contributed by atoms with Gasteiger partial charge in [-0.3, -0.25) is 0 Å². The fourth-order valence-corrected chi connectivity index (χ4v) is 5.92. The highest BCUT2D eigenvalue weighted by atomic mass is 79.9. The average molecular weight is 499 g/mol. The van der Waals surface area contributed by atoms with Crippen LogP contribution in [-0.4, -0.2) is 48.3 Å². The van der Waals surface area contributed by atoms with Crippen molar-refractivity contribution in [3.8, 4) is 0 Å². The third kappa shape index (κ3) is 3.62. The minimum absolute atomic E-state index is 0.362. The number of hydrogen-bond donors (Lipinski definition) is 0. The van der Waals surface area contributed by atoms with Crippen LogP contribution in [0, 0.1) is 0 Å². The predicted octanol–water partition coefficient (Wildman–Crippen LogP) is 4.32. The number of rotatable bonds is 4. The number of aromatic nitrogens is 2. The molecule has 0 saturated carbocycles. The van der Waals surface area contributed by atoms with E-state index >= 15 is 0 Å². The number of nitrogens with zero attached hydrogens (tertiary/aromatic N) is 4. The first-order valence-electron chi connectivity index (χ1n) is 10.4. The maximum absolute atomic E-state index is 13.1. The SMILES string of the molecule is CCc1ccc(S(=O)(=O)N2CCN(c3nc4cc(Br)ccc4n4cccc34)CC2)cc1. The molecule has 31 heavy (non-hydrogen) atoms. The number of aryl methyl sites for hydroxylation is 1. The molecule has 0 spiro atoms. The largest absolute Gasteiger partial charge is 0.352 e. The average Bonchev–Trinajstić information content (AvgIpc) is 3.28. The van der Waals surface area contributed by atoms with Crippen LogP contribution in [0.3, 0.4) is 0 Å². The van der Waals surface area contributed by atoms with Crippen molar-refractivity contribution in [2.45, 2.75) is 18.2 Å². The van der Waals surface area contributed by atoms with Crippen LogP contribution in [0.15, 0.2) is 70.2 Å². The number of halogens is 1. The number of fused-ring (bicyclic) bond motifs is 3. The summed E-state index contributed by atoms with van der Waals surface area (Å²) in [4.78, 5) is 7.48. The van der Waals surface area contributed by atoms with Crippen molar-refractivity contribution in [3.05, 3.63) is 70.8 Å². The second-order valence-electron chi connectivity index (χ2n) is 7.72. The number of hydrogen-bond acceptors (Lipinski definition) is 4. The van der Waals surface area contributed by atoms with Gasteiger partial charge in [0.1, 0.15) is 0 Å². The number of sulfonamides is 1. The van der Waals surface area contributed by atoms with Crippen LogP contribution in [0.1, 0.15) is 12.5 Å². The summed E-state index contributed by atoms with van der Waals surface area (Å²) in [7, 11) is -3.49. The minimum Gasteiger partial charge on any atom is -0.352 e. The molecule has 160 valence electrons. The molecule has 0 bridgehead atoms. The molecule has 2 aromatic carbocycles. The Balaban J connectivity index is 1.42. The Morgan fingerprint density at radius 3 is 2.42 bits per heavy atom. The quantitative estimate of drug-likeness (QED) is 0.420. The summed E-state index contributed by atoms with van der Waals surface area (Å²) in [6.45, 7) is 4.12. The predicted molar refractivity (Wildman–Crippen MR) is 127 cm³/mol. The van der Waals surface area contributed by atoms with Crippen LogP contribution in [-0.2, 0) is 16.4 Å². The molecule has 1 fully saturated rings. The van der Waals surface area contributed by atoms with Gasteiger partial charge < -0.3 is 9.30 Å². The van der Waals surface area contributed by atoms with E-state index in [9.17, 15) is 8.42 Å². The molecule has 5 rings (SSSR count). The van der Waals surface area contributed by atoms with Crippen LogP contribution in [0.5, 0.6) is 0 Å². The lowest BCUT2D eigenvalue weighted by molar-refractivity contribution is 0.384. The van der Waals surface area contributed by atoms with Crippen LogP contribution >= 0.6 is 15.9 Å². The number of piperazine rings is 1. The lowest BCUT2D eigenvalue weighted by Crippen LogP contribution is -2.49. The second kappa shape index (κ2) is 7.93. The van der Waals surface area contributed by atoms with Crippen LogP contribution in [0.4, 0.5) is 5.82 Å². The van der Waals surface area contributed by atoms with E-state index in [1.165, 1.54) is 0 Å². The van der Waals surface area contributed by atoms with Crippen molar-refractivity contribution >= 4 is 48.3 Å². The van der Waals surface area contributed by atoms with Crippen molar-refractivity contribution in [2.75, 3.05) is 31.1 Å². The summed E-state index contributed by atoms with van der Waals surface area (Å²) in [5.74, 6) is 0.889. The molecule has 0 unspecified atom stereocenters. The van der Waals surface area contributed by atoms with Crippen molar-refractivity contribution < 1.29 is 8.42 Å². The fourth-order valence-electron chi connectivity index (χ4n) is 4.15. The Hall–Kier alpha value is -2.42. The smallest absolute Gasteiger partial charge is 0.243 e. The normalized spacial score (nSPS) is 15.7. The van der Waals surface area contributed by atoms with Crippen molar-refractivity contribution in [2.24, 2.45) is 0 Å². The Kier molecular flexibility index (Phi) is 5.24. The summed E-state index contributed by atoms with van der Waals surface area (Å²) < 4.78 is 30.9. The molecule has 2 aromatic heterocycles. The van der Waals surface area contributed by atoms with Gasteiger partial charge in [0.15, 0.2) is 5.82 Å². The van der Waals surface area contributed by atoms with Gasteiger partial charge in [-0.2, -0.15) is 4.31 Å². The first kappa shape index (κ1) is 20.5. The molecule has 3 heterocycles. The molecule has 1 aliphatic rings. The monoisotopic (exact) mass is 498 g/mol. The van der Waals surface area contributed by atoms with Gasteiger partial charge in [0.05, 0.1) is 21.4 Å². The first-order chi connectivity index (χ1) is 15.0. The highest BCUT2D eigenvalue weighted by Crippen LogP contribution is 2.28. The summed E-state index contributed by atoms with van der Waals surface area (Å²) in [6.07, 6.45) is 2.93. The van der Waals surface area contributed by atoms with E-state index in [2.05, 4.69) is 44.3 Å². The van der Waals surface area contributed by atoms with Gasteiger partial charge in [0.25, 0.3) is 0 Å². The summed E-state index contributed by atoms with van der Waals surface area (Å²) in [5.41, 5.74) is 4.11. The van der Waals surface area contributed by atoms with Gasteiger partial charge in [-0.05, 0) is 54.4 Å². The third-order valence-electron chi connectivity index (χ3n) is 5.91. The lowest BCUT2D eigenvalue weighted by atomic mass is 10.2. The summed E-state index contributed by atoms with van der Waals surface area (Å²) in [5, 5.41) is 0. The minimum atomic E-state index is -3.49. The van der Waals surface area contributed by atoms with Crippen molar-refractivity contribution in [3.63, 3.8) is 0 Å². The molecule has 1 saturated heterocycles. The zero-order valence-corrected chi connectivity index (χ0v) is 19.6.